The quantitative estimate of drug-likeness (QED) is 0.0793. The largest absolute Gasteiger partial charge is 0.481 e. The van der Waals surface area contributed by atoms with Crippen molar-refractivity contribution in [2.75, 3.05) is 13.1 Å². The van der Waals surface area contributed by atoms with Gasteiger partial charge in [0.2, 0.25) is 29.5 Å². The van der Waals surface area contributed by atoms with E-state index >= 15 is 0 Å². The third-order valence-electron chi connectivity index (χ3n) is 9.52. The molecule has 50 heavy (non-hydrogen) atoms. The van der Waals surface area contributed by atoms with Crippen LogP contribution in [-0.2, 0) is 28.8 Å². The van der Waals surface area contributed by atoms with E-state index in [-0.39, 0.29) is 60.8 Å². The molecule has 0 aromatic rings. The second-order valence-electron chi connectivity index (χ2n) is 15.0. The van der Waals surface area contributed by atoms with Crippen molar-refractivity contribution in [3.05, 3.63) is 0 Å². The maximum atomic E-state index is 13.6. The Morgan fingerprint density at radius 3 is 1.96 bits per heavy atom. The molecule has 13 heteroatoms. The van der Waals surface area contributed by atoms with Gasteiger partial charge in [-0.15, -0.1) is 0 Å². The van der Waals surface area contributed by atoms with Crippen LogP contribution in [0.4, 0.5) is 0 Å². The number of rotatable bonds is 24. The maximum absolute atomic E-state index is 13.6. The fourth-order valence-corrected chi connectivity index (χ4v) is 6.20. The summed E-state index contributed by atoms with van der Waals surface area (Å²) in [5.41, 5.74) is 0. The van der Waals surface area contributed by atoms with Crippen LogP contribution in [-0.4, -0.2) is 83.9 Å². The van der Waals surface area contributed by atoms with Gasteiger partial charge in [-0.1, -0.05) is 80.6 Å². The highest BCUT2D eigenvalue weighted by Gasteiger charge is 2.31. The molecule has 7 N–H and O–H groups in total. The van der Waals surface area contributed by atoms with Crippen molar-refractivity contribution in [3.8, 4) is 0 Å². The maximum Gasteiger partial charge on any atom is 0.303 e. The van der Waals surface area contributed by atoms with Gasteiger partial charge < -0.3 is 37.0 Å². The molecule has 0 saturated heterocycles. The molecule has 0 aromatic carbocycles. The van der Waals surface area contributed by atoms with Gasteiger partial charge in [0.05, 0.1) is 6.04 Å². The Hall–Kier alpha value is -3.22. The normalized spacial score (nSPS) is 17.2. The van der Waals surface area contributed by atoms with E-state index in [9.17, 15) is 28.8 Å². The molecule has 1 fully saturated rings. The lowest BCUT2D eigenvalue weighted by molar-refractivity contribution is -0.137. The van der Waals surface area contributed by atoms with Crippen LogP contribution in [0.2, 0.25) is 0 Å². The third-order valence-corrected chi connectivity index (χ3v) is 9.52. The first kappa shape index (κ1) is 44.8. The van der Waals surface area contributed by atoms with Crippen molar-refractivity contribution in [1.29, 1.82) is 0 Å². The van der Waals surface area contributed by atoms with E-state index in [1.807, 2.05) is 48.5 Å². The van der Waals surface area contributed by atoms with Gasteiger partial charge in [-0.3, -0.25) is 28.8 Å². The van der Waals surface area contributed by atoms with Crippen LogP contribution in [0.3, 0.4) is 0 Å². The average Bonchev–Trinajstić information content (AvgIpc) is 3.06. The van der Waals surface area contributed by atoms with E-state index in [1.54, 1.807) is 6.92 Å². The zero-order chi connectivity index (χ0) is 37.8. The van der Waals surface area contributed by atoms with E-state index in [4.69, 9.17) is 5.11 Å². The number of carbonyl (C=O) groups excluding carboxylic acids is 5. The van der Waals surface area contributed by atoms with E-state index in [0.717, 1.165) is 12.8 Å². The Kier molecular flexibility index (Phi) is 21.6. The molecule has 0 bridgehead atoms. The SMILES string of the molecule is CCC[C@H](NC(=O)C(NC(=O)CCCC(=O)O)[C@@H](C)CC)C(=O)N[C@H](CN[C@@H](C)C(=O)N[C@H](C(=O)NCC1CCCCC1)C(C)C)CC(C)C. The summed E-state index contributed by atoms with van der Waals surface area (Å²) in [6, 6.07) is -3.34. The van der Waals surface area contributed by atoms with Gasteiger partial charge >= 0.3 is 5.97 Å². The molecule has 0 heterocycles. The smallest absolute Gasteiger partial charge is 0.303 e. The molecule has 0 aromatic heterocycles. The van der Waals surface area contributed by atoms with Crippen molar-refractivity contribution in [2.24, 2.45) is 23.7 Å². The molecular weight excluding hydrogens is 640 g/mol. The molecule has 1 unspecified atom stereocenters. The van der Waals surface area contributed by atoms with E-state index in [1.165, 1.54) is 19.3 Å². The monoisotopic (exact) mass is 709 g/mol. The lowest BCUT2D eigenvalue weighted by Crippen LogP contribution is -2.58. The zero-order valence-electron chi connectivity index (χ0n) is 32.0. The van der Waals surface area contributed by atoms with Crippen molar-refractivity contribution in [2.45, 2.75) is 163 Å². The lowest BCUT2D eigenvalue weighted by Gasteiger charge is -2.29. The Bertz CT molecular complexity index is 1080. The summed E-state index contributed by atoms with van der Waals surface area (Å²) >= 11 is 0. The number of hydrogen-bond donors (Lipinski definition) is 7. The molecule has 0 aliphatic heterocycles. The van der Waals surface area contributed by atoms with Crippen molar-refractivity contribution in [3.63, 3.8) is 0 Å². The number of nitrogens with one attached hydrogen (secondary N) is 6. The van der Waals surface area contributed by atoms with Crippen LogP contribution < -0.4 is 31.9 Å². The van der Waals surface area contributed by atoms with Crippen LogP contribution in [0.25, 0.3) is 0 Å². The van der Waals surface area contributed by atoms with Gasteiger partial charge in [0.25, 0.3) is 0 Å². The standard InChI is InChI=1S/C37H68N6O7/c1-9-15-29(41-37(50)33(25(7)10-2)42-30(44)18-14-19-31(45)46)35(48)40-28(20-23(3)4)22-38-26(8)34(47)43-32(24(5)6)36(49)39-21-27-16-12-11-13-17-27/h23-29,32-33,38H,9-22H2,1-8H3,(H,39,49)(H,40,48)(H,41,50)(H,42,44)(H,43,47)(H,45,46)/t25-,26-,28-,29-,32-,33?/m0/s1. The van der Waals surface area contributed by atoms with Crippen molar-refractivity contribution >= 4 is 35.5 Å². The molecule has 0 radical (unpaired) electrons. The van der Waals surface area contributed by atoms with Gasteiger partial charge in [0, 0.05) is 32.0 Å². The second kappa shape index (κ2) is 24.1. The Labute approximate surface area is 300 Å². The van der Waals surface area contributed by atoms with E-state index in [0.29, 0.717) is 44.7 Å². The molecule has 1 rings (SSSR count). The minimum atomic E-state index is -0.991. The predicted molar refractivity (Wildman–Crippen MR) is 195 cm³/mol. The van der Waals surface area contributed by atoms with Crippen LogP contribution in [0.5, 0.6) is 0 Å². The number of amides is 5. The van der Waals surface area contributed by atoms with Gasteiger partial charge in [0.1, 0.15) is 18.1 Å². The summed E-state index contributed by atoms with van der Waals surface area (Å²) in [7, 11) is 0. The number of carbonyl (C=O) groups is 6. The highest BCUT2D eigenvalue weighted by atomic mass is 16.4. The Balaban J connectivity index is 2.86. The number of aliphatic carboxylic acids is 1. The van der Waals surface area contributed by atoms with Crippen LogP contribution in [0.1, 0.15) is 132 Å². The van der Waals surface area contributed by atoms with Gasteiger partial charge in [-0.05, 0) is 62.7 Å². The third kappa shape index (κ3) is 17.6. The zero-order valence-corrected chi connectivity index (χ0v) is 32.0. The van der Waals surface area contributed by atoms with E-state index in [2.05, 4.69) is 31.9 Å². The Morgan fingerprint density at radius 1 is 0.740 bits per heavy atom. The summed E-state index contributed by atoms with van der Waals surface area (Å²) in [5.74, 6) is -2.29. The summed E-state index contributed by atoms with van der Waals surface area (Å²) < 4.78 is 0. The highest BCUT2D eigenvalue weighted by Crippen LogP contribution is 2.23. The number of carboxylic acid groups (broad SMARTS) is 1. The van der Waals surface area contributed by atoms with Crippen LogP contribution >= 0.6 is 0 Å². The van der Waals surface area contributed by atoms with Gasteiger partial charge in [-0.25, -0.2) is 0 Å². The first-order chi connectivity index (χ1) is 23.6. The molecule has 1 saturated carbocycles. The first-order valence-corrected chi connectivity index (χ1v) is 19.0. The molecule has 288 valence electrons. The summed E-state index contributed by atoms with van der Waals surface area (Å²) in [4.78, 5) is 76.6. The second-order valence-corrected chi connectivity index (χ2v) is 15.0. The fraction of sp³-hybridized carbons (Fsp3) is 0.838. The van der Waals surface area contributed by atoms with Crippen LogP contribution in [0, 0.1) is 23.7 Å². The molecule has 6 atom stereocenters. The minimum absolute atomic E-state index is 0.0164. The lowest BCUT2D eigenvalue weighted by atomic mass is 9.89. The van der Waals surface area contributed by atoms with Crippen molar-refractivity contribution < 1.29 is 33.9 Å². The molecule has 13 nitrogen and oxygen atoms in total. The van der Waals surface area contributed by atoms with Crippen LogP contribution in [0.15, 0.2) is 0 Å². The predicted octanol–water partition coefficient (Wildman–Crippen LogP) is 3.40. The minimum Gasteiger partial charge on any atom is -0.481 e. The first-order valence-electron chi connectivity index (χ1n) is 19.0. The summed E-state index contributed by atoms with van der Waals surface area (Å²) in [6.07, 6.45) is 8.12. The van der Waals surface area contributed by atoms with Gasteiger partial charge in [0.15, 0.2) is 0 Å². The topological polar surface area (TPSA) is 195 Å². The van der Waals surface area contributed by atoms with E-state index < -0.39 is 42.0 Å². The average molecular weight is 709 g/mol. The molecule has 1 aliphatic rings. The number of hydrogen-bond acceptors (Lipinski definition) is 7. The summed E-state index contributed by atoms with van der Waals surface area (Å²) in [6.45, 7) is 16.2. The fourth-order valence-electron chi connectivity index (χ4n) is 6.20. The molecule has 1 aliphatic carbocycles. The number of carboxylic acids is 1. The Morgan fingerprint density at radius 2 is 1.40 bits per heavy atom. The molecular formula is C37H68N6O7. The highest BCUT2D eigenvalue weighted by molar-refractivity contribution is 5.92. The van der Waals surface area contributed by atoms with Crippen molar-refractivity contribution in [1.82, 2.24) is 31.9 Å². The summed E-state index contributed by atoms with van der Waals surface area (Å²) in [5, 5.41) is 26.7. The molecule has 5 amide bonds. The molecule has 0 spiro atoms. The van der Waals surface area contributed by atoms with Gasteiger partial charge in [-0.2, -0.15) is 0 Å².